The summed E-state index contributed by atoms with van der Waals surface area (Å²) in [7, 11) is -1.16. The van der Waals surface area contributed by atoms with Gasteiger partial charge in [0.05, 0.1) is 18.5 Å². The summed E-state index contributed by atoms with van der Waals surface area (Å²) in [5.74, 6) is 0.207. The van der Waals surface area contributed by atoms with Crippen LogP contribution < -0.4 is 0 Å². The lowest BCUT2D eigenvalue weighted by atomic mass is 9.93. The highest BCUT2D eigenvalue weighted by Crippen LogP contribution is 2.33. The number of benzene rings is 2. The predicted molar refractivity (Wildman–Crippen MR) is 135 cm³/mol. The van der Waals surface area contributed by atoms with Gasteiger partial charge in [-0.05, 0) is 42.4 Å². The summed E-state index contributed by atoms with van der Waals surface area (Å²) >= 11 is 6.12. The number of nitrogens with zero attached hydrogens (tertiary/aromatic N) is 4. The summed E-state index contributed by atoms with van der Waals surface area (Å²) in [4.78, 5) is 6.87. The van der Waals surface area contributed by atoms with Crippen molar-refractivity contribution in [2.24, 2.45) is 0 Å². The van der Waals surface area contributed by atoms with Gasteiger partial charge < -0.3 is 0 Å². The molecule has 6 nitrogen and oxygen atoms in total. The molecule has 2 aromatic rings. The van der Waals surface area contributed by atoms with E-state index < -0.39 is 21.8 Å². The van der Waals surface area contributed by atoms with E-state index in [4.69, 9.17) is 11.6 Å². The highest BCUT2D eigenvalue weighted by atomic mass is 35.5. The molecule has 2 heterocycles. The van der Waals surface area contributed by atoms with Crippen LogP contribution in [0.5, 0.6) is 0 Å². The van der Waals surface area contributed by atoms with Gasteiger partial charge in [0, 0.05) is 62.8 Å². The van der Waals surface area contributed by atoms with Gasteiger partial charge in [-0.25, -0.2) is 8.42 Å². The molecule has 4 rings (SSSR count). The van der Waals surface area contributed by atoms with Crippen LogP contribution in [-0.2, 0) is 22.7 Å². The van der Waals surface area contributed by atoms with Crippen molar-refractivity contribution in [1.82, 2.24) is 19.0 Å². The fraction of sp³-hybridized carbons (Fsp3) is 0.520. The Morgan fingerprint density at radius 2 is 1.56 bits per heavy atom. The Bertz CT molecular complexity index is 1120. The van der Waals surface area contributed by atoms with Gasteiger partial charge in [0.25, 0.3) is 0 Å². The maximum absolute atomic E-state index is 12.9. The van der Waals surface area contributed by atoms with Gasteiger partial charge >= 0.3 is 6.18 Å². The van der Waals surface area contributed by atoms with Crippen LogP contribution >= 0.6 is 11.6 Å². The molecule has 36 heavy (non-hydrogen) atoms. The van der Waals surface area contributed by atoms with Gasteiger partial charge in [-0.1, -0.05) is 35.9 Å². The van der Waals surface area contributed by atoms with Crippen molar-refractivity contribution < 1.29 is 21.6 Å². The van der Waals surface area contributed by atoms with E-state index in [1.165, 1.54) is 16.1 Å². The number of piperazine rings is 1. The Balaban J connectivity index is 1.45. The summed E-state index contributed by atoms with van der Waals surface area (Å²) in [6, 6.07) is 13.4. The molecule has 2 saturated heterocycles. The molecule has 0 amide bonds. The number of alkyl halides is 3. The molecule has 2 aromatic carbocycles. The zero-order chi connectivity index (χ0) is 26.1. The first-order valence-electron chi connectivity index (χ1n) is 11.9. The lowest BCUT2D eigenvalue weighted by Crippen LogP contribution is -2.51. The molecule has 2 unspecified atom stereocenters. The zero-order valence-electron chi connectivity index (χ0n) is 20.5. The first kappa shape index (κ1) is 27.3. The van der Waals surface area contributed by atoms with Crippen molar-refractivity contribution in [3.8, 4) is 0 Å². The molecule has 2 atom stereocenters. The number of likely N-dealkylation sites (tertiary alicyclic amines) is 1. The topological polar surface area (TPSA) is 47.1 Å². The average molecular weight is 545 g/mol. The van der Waals surface area contributed by atoms with Crippen LogP contribution in [0.2, 0.25) is 5.02 Å². The maximum Gasteiger partial charge on any atom is 0.416 e. The van der Waals surface area contributed by atoms with Gasteiger partial charge in [-0.2, -0.15) is 17.5 Å². The largest absolute Gasteiger partial charge is 0.416 e. The molecular formula is C25H32ClF3N4O2S. The van der Waals surface area contributed by atoms with E-state index in [1.54, 1.807) is 12.1 Å². The second-order valence-electron chi connectivity index (χ2n) is 9.79. The number of hydrogen-bond donors (Lipinski definition) is 0. The number of halogens is 4. The number of likely N-dealkylation sites (N-methyl/N-ethyl adjacent to an activating group) is 1. The summed E-state index contributed by atoms with van der Waals surface area (Å²) in [6.07, 6.45) is -3.10. The predicted octanol–water partition coefficient (Wildman–Crippen LogP) is 3.79. The van der Waals surface area contributed by atoms with Crippen LogP contribution in [0.1, 0.15) is 22.6 Å². The molecule has 0 aliphatic carbocycles. The van der Waals surface area contributed by atoms with Crippen molar-refractivity contribution in [2.75, 3.05) is 59.2 Å². The van der Waals surface area contributed by atoms with Gasteiger partial charge in [-0.15, -0.1) is 0 Å². The molecule has 0 spiro atoms. The van der Waals surface area contributed by atoms with Crippen LogP contribution in [0.3, 0.4) is 0 Å². The van der Waals surface area contributed by atoms with Crippen molar-refractivity contribution in [3.05, 3.63) is 70.2 Å². The Kier molecular flexibility index (Phi) is 8.33. The quantitative estimate of drug-likeness (QED) is 0.531. The average Bonchev–Trinajstić information content (AvgIpc) is 3.23. The summed E-state index contributed by atoms with van der Waals surface area (Å²) in [5, 5.41) is 0.673. The fourth-order valence-electron chi connectivity index (χ4n) is 5.16. The second-order valence-corrected chi connectivity index (χ2v) is 12.2. The second kappa shape index (κ2) is 11.0. The minimum atomic E-state index is -4.34. The van der Waals surface area contributed by atoms with E-state index in [9.17, 15) is 21.6 Å². The van der Waals surface area contributed by atoms with E-state index in [0.29, 0.717) is 37.7 Å². The van der Waals surface area contributed by atoms with Crippen LogP contribution in [0.4, 0.5) is 13.2 Å². The number of sulfonamides is 1. The van der Waals surface area contributed by atoms with Gasteiger partial charge in [0.1, 0.15) is 0 Å². The first-order valence-corrected chi connectivity index (χ1v) is 14.1. The standard InChI is InChI=1S/C25H32ClF3N4O2S/c1-30(15-19-3-7-21(8-4-19)25(27,28)29)24-17-32(16-23(24)20-5-9-22(26)10-6-20)18-31-11-13-33(14-12-31)36(2,34)35/h3-10,23-24H,11-18H2,1-2H3. The minimum Gasteiger partial charge on any atom is -0.297 e. The third-order valence-electron chi connectivity index (χ3n) is 7.14. The minimum absolute atomic E-state index is 0.158. The molecule has 198 valence electrons. The summed E-state index contributed by atoms with van der Waals surface area (Å²) < 4.78 is 64.0. The third-order valence-corrected chi connectivity index (χ3v) is 8.70. The van der Waals surface area contributed by atoms with Crippen molar-refractivity contribution in [2.45, 2.75) is 24.7 Å². The molecule has 2 aliphatic rings. The molecular weight excluding hydrogens is 513 g/mol. The summed E-state index contributed by atoms with van der Waals surface area (Å²) in [5.41, 5.74) is 1.36. The summed E-state index contributed by atoms with van der Waals surface area (Å²) in [6.45, 7) is 5.25. The molecule has 0 saturated carbocycles. The van der Waals surface area contributed by atoms with Crippen molar-refractivity contribution in [3.63, 3.8) is 0 Å². The molecule has 0 aromatic heterocycles. The Hall–Kier alpha value is -1.69. The third kappa shape index (κ3) is 6.79. The molecule has 2 fully saturated rings. The molecule has 0 bridgehead atoms. The molecule has 0 radical (unpaired) electrons. The van der Waals surface area contributed by atoms with E-state index >= 15 is 0 Å². The molecule has 2 aliphatic heterocycles. The van der Waals surface area contributed by atoms with Gasteiger partial charge in [-0.3, -0.25) is 14.7 Å². The fourth-order valence-corrected chi connectivity index (χ4v) is 6.11. The Morgan fingerprint density at radius 3 is 2.11 bits per heavy atom. The maximum atomic E-state index is 12.9. The van der Waals surface area contributed by atoms with Crippen LogP contribution in [-0.4, -0.2) is 92.7 Å². The van der Waals surface area contributed by atoms with E-state index in [0.717, 1.165) is 37.5 Å². The lowest BCUT2D eigenvalue weighted by molar-refractivity contribution is -0.137. The normalized spacial score (nSPS) is 23.0. The molecule has 11 heteroatoms. The monoisotopic (exact) mass is 544 g/mol. The van der Waals surface area contributed by atoms with E-state index in [-0.39, 0.29) is 12.0 Å². The van der Waals surface area contributed by atoms with Crippen LogP contribution in [0.15, 0.2) is 48.5 Å². The Labute approximate surface area is 216 Å². The van der Waals surface area contributed by atoms with E-state index in [2.05, 4.69) is 14.7 Å². The highest BCUT2D eigenvalue weighted by molar-refractivity contribution is 7.88. The molecule has 0 N–H and O–H groups in total. The van der Waals surface area contributed by atoms with Gasteiger partial charge in [0.2, 0.25) is 10.0 Å². The van der Waals surface area contributed by atoms with Gasteiger partial charge in [0.15, 0.2) is 0 Å². The Morgan fingerprint density at radius 1 is 0.944 bits per heavy atom. The van der Waals surface area contributed by atoms with E-state index in [1.807, 2.05) is 31.3 Å². The SMILES string of the molecule is CN(Cc1ccc(C(F)(F)F)cc1)C1CN(CN2CCN(S(C)(=O)=O)CC2)CC1c1ccc(Cl)cc1. The zero-order valence-corrected chi connectivity index (χ0v) is 22.0. The van der Waals surface area contributed by atoms with Crippen molar-refractivity contribution >= 4 is 21.6 Å². The number of rotatable bonds is 7. The highest BCUT2D eigenvalue weighted by Gasteiger charge is 2.37. The van der Waals surface area contributed by atoms with Crippen molar-refractivity contribution in [1.29, 1.82) is 0 Å². The lowest BCUT2D eigenvalue weighted by Gasteiger charge is -2.35. The number of hydrogen-bond acceptors (Lipinski definition) is 5. The van der Waals surface area contributed by atoms with Crippen LogP contribution in [0.25, 0.3) is 0 Å². The first-order chi connectivity index (χ1) is 16.9. The smallest absolute Gasteiger partial charge is 0.297 e. The van der Waals surface area contributed by atoms with Crippen LogP contribution in [0, 0.1) is 0 Å².